The van der Waals surface area contributed by atoms with Gasteiger partial charge in [0.05, 0.1) is 28.0 Å². The summed E-state index contributed by atoms with van der Waals surface area (Å²) in [4.78, 5) is 17.9. The molecule has 3 heterocycles. The summed E-state index contributed by atoms with van der Waals surface area (Å²) in [6.07, 6.45) is 1.90. The Balaban J connectivity index is 1.53. The van der Waals surface area contributed by atoms with Gasteiger partial charge in [-0.3, -0.25) is 4.79 Å². The van der Waals surface area contributed by atoms with Gasteiger partial charge in [-0.15, -0.1) is 5.10 Å². The topological polar surface area (TPSA) is 112 Å². The van der Waals surface area contributed by atoms with Crippen molar-refractivity contribution < 1.29 is 9.32 Å². The number of aryl methyl sites for hydroxylation is 1. The maximum atomic E-state index is 13.3. The molecule has 0 saturated carbocycles. The van der Waals surface area contributed by atoms with Crippen LogP contribution in [0.3, 0.4) is 0 Å². The summed E-state index contributed by atoms with van der Waals surface area (Å²) in [6.45, 7) is 1.79. The zero-order valence-corrected chi connectivity index (χ0v) is 18.0. The zero-order chi connectivity index (χ0) is 22.1. The fraction of sp³-hybridized carbons (Fsp3) is 0.0909. The van der Waals surface area contributed by atoms with E-state index in [1.807, 2.05) is 60.9 Å². The summed E-state index contributed by atoms with van der Waals surface area (Å²) >= 11 is 1.43. The molecule has 0 unspecified atom stereocenters. The number of tetrazole rings is 1. The van der Waals surface area contributed by atoms with Crippen molar-refractivity contribution in [1.82, 2.24) is 30.3 Å². The van der Waals surface area contributed by atoms with E-state index >= 15 is 0 Å². The molecular weight excluding hydrogens is 426 g/mol. The Bertz CT molecular complexity index is 1430. The molecule has 158 valence electrons. The van der Waals surface area contributed by atoms with Crippen molar-refractivity contribution >= 4 is 34.5 Å². The van der Waals surface area contributed by atoms with Crippen LogP contribution in [0.1, 0.15) is 16.1 Å². The maximum Gasteiger partial charge on any atom is 0.259 e. The van der Waals surface area contributed by atoms with Crippen molar-refractivity contribution in [2.45, 2.75) is 12.1 Å². The van der Waals surface area contributed by atoms with Crippen LogP contribution in [0.2, 0.25) is 0 Å². The molecule has 1 N–H and O–H groups in total. The molecule has 0 bridgehead atoms. The Morgan fingerprint density at radius 2 is 1.94 bits per heavy atom. The monoisotopic (exact) mass is 443 g/mol. The molecule has 0 saturated heterocycles. The number of nitrogens with zero attached hydrogens (tertiary/aromatic N) is 6. The van der Waals surface area contributed by atoms with Crippen molar-refractivity contribution in [1.29, 1.82) is 0 Å². The number of amides is 1. The van der Waals surface area contributed by atoms with Gasteiger partial charge < -0.3 is 9.84 Å². The van der Waals surface area contributed by atoms with Crippen LogP contribution in [0, 0.1) is 6.92 Å². The second kappa shape index (κ2) is 8.23. The highest BCUT2D eigenvalue weighted by molar-refractivity contribution is 7.98. The third-order valence-corrected chi connectivity index (χ3v) is 5.52. The number of carbonyl (C=O) groups is 1. The average molecular weight is 443 g/mol. The first-order valence-corrected chi connectivity index (χ1v) is 10.9. The summed E-state index contributed by atoms with van der Waals surface area (Å²) in [5.41, 5.74) is 4.21. The van der Waals surface area contributed by atoms with E-state index in [1.165, 1.54) is 11.8 Å². The molecule has 0 atom stereocenters. The molecule has 32 heavy (non-hydrogen) atoms. The van der Waals surface area contributed by atoms with Crippen LogP contribution in [0.25, 0.3) is 28.0 Å². The minimum atomic E-state index is -0.292. The van der Waals surface area contributed by atoms with Crippen LogP contribution in [0.5, 0.6) is 0 Å². The number of carbonyl (C=O) groups excluding carboxylic acids is 1. The molecule has 0 aliphatic carbocycles. The Morgan fingerprint density at radius 3 is 2.75 bits per heavy atom. The van der Waals surface area contributed by atoms with E-state index in [0.29, 0.717) is 38.9 Å². The quantitative estimate of drug-likeness (QED) is 0.403. The van der Waals surface area contributed by atoms with Gasteiger partial charge in [0, 0.05) is 11.3 Å². The summed E-state index contributed by atoms with van der Waals surface area (Å²) in [7, 11) is 0. The van der Waals surface area contributed by atoms with Crippen molar-refractivity contribution in [3.05, 3.63) is 71.9 Å². The molecule has 0 aliphatic heterocycles. The van der Waals surface area contributed by atoms with Crippen molar-refractivity contribution in [3.63, 3.8) is 0 Å². The predicted molar refractivity (Wildman–Crippen MR) is 121 cm³/mol. The van der Waals surface area contributed by atoms with E-state index in [1.54, 1.807) is 17.7 Å². The minimum Gasteiger partial charge on any atom is -0.335 e. The zero-order valence-electron chi connectivity index (χ0n) is 17.2. The van der Waals surface area contributed by atoms with Gasteiger partial charge in [0.1, 0.15) is 0 Å². The van der Waals surface area contributed by atoms with E-state index in [-0.39, 0.29) is 5.91 Å². The first kappa shape index (κ1) is 19.9. The summed E-state index contributed by atoms with van der Waals surface area (Å²) < 4.78 is 6.99. The molecule has 0 aliphatic rings. The standard InChI is InChI=1S/C22H17N7O2S/c1-13-19-17(12-18(24-21(19)31-26-13)14-7-4-3-5-8-14)20(30)23-15-9-6-10-16(11-15)29-22(32-2)25-27-28-29/h3-12H,1-2H3,(H,23,30). The van der Waals surface area contributed by atoms with Crippen LogP contribution >= 0.6 is 11.8 Å². The van der Waals surface area contributed by atoms with Gasteiger partial charge in [-0.25, -0.2) is 4.98 Å². The number of hydrogen-bond acceptors (Lipinski definition) is 8. The lowest BCUT2D eigenvalue weighted by Gasteiger charge is -2.10. The van der Waals surface area contributed by atoms with Gasteiger partial charge in [0.2, 0.25) is 5.16 Å². The number of pyridine rings is 1. The number of anilines is 1. The minimum absolute atomic E-state index is 0.292. The summed E-state index contributed by atoms with van der Waals surface area (Å²) in [5, 5.41) is 19.9. The largest absolute Gasteiger partial charge is 0.335 e. The highest BCUT2D eigenvalue weighted by Crippen LogP contribution is 2.28. The molecule has 3 aromatic heterocycles. The van der Waals surface area contributed by atoms with Crippen LogP contribution < -0.4 is 5.32 Å². The number of thioether (sulfide) groups is 1. The maximum absolute atomic E-state index is 13.3. The van der Waals surface area contributed by atoms with E-state index in [2.05, 4.69) is 31.0 Å². The molecule has 1 amide bonds. The molecule has 0 radical (unpaired) electrons. The summed E-state index contributed by atoms with van der Waals surface area (Å²) in [6, 6.07) is 18.7. The summed E-state index contributed by atoms with van der Waals surface area (Å²) in [5.74, 6) is -0.292. The lowest BCUT2D eigenvalue weighted by molar-refractivity contribution is 0.102. The third-order valence-electron chi connectivity index (χ3n) is 4.90. The van der Waals surface area contributed by atoms with Gasteiger partial charge in [-0.05, 0) is 47.9 Å². The number of aromatic nitrogens is 6. The van der Waals surface area contributed by atoms with E-state index < -0.39 is 0 Å². The number of fused-ring (bicyclic) bond motifs is 1. The fourth-order valence-electron chi connectivity index (χ4n) is 3.41. The first-order chi connectivity index (χ1) is 15.6. The van der Waals surface area contributed by atoms with Gasteiger partial charge in [-0.2, -0.15) is 4.68 Å². The molecule has 2 aromatic carbocycles. The molecular formula is C22H17N7O2S. The number of rotatable bonds is 5. The molecule has 0 fully saturated rings. The Morgan fingerprint density at radius 1 is 1.09 bits per heavy atom. The normalized spacial score (nSPS) is 11.1. The average Bonchev–Trinajstić information content (AvgIpc) is 3.46. The van der Waals surface area contributed by atoms with Gasteiger partial charge >= 0.3 is 0 Å². The smallest absolute Gasteiger partial charge is 0.259 e. The lowest BCUT2D eigenvalue weighted by Crippen LogP contribution is -2.13. The van der Waals surface area contributed by atoms with Crippen molar-refractivity contribution in [2.75, 3.05) is 11.6 Å². The molecule has 9 nitrogen and oxygen atoms in total. The first-order valence-electron chi connectivity index (χ1n) is 9.70. The van der Waals surface area contributed by atoms with Gasteiger partial charge in [0.25, 0.3) is 11.6 Å². The number of nitrogens with one attached hydrogen (secondary N) is 1. The highest BCUT2D eigenvalue weighted by Gasteiger charge is 2.20. The van der Waals surface area contributed by atoms with E-state index in [4.69, 9.17) is 4.52 Å². The fourth-order valence-corrected chi connectivity index (χ4v) is 3.85. The Hall–Kier alpha value is -4.05. The van der Waals surface area contributed by atoms with Crippen LogP contribution in [-0.2, 0) is 0 Å². The van der Waals surface area contributed by atoms with Gasteiger partial charge in [-0.1, -0.05) is 53.3 Å². The Labute approximate surface area is 186 Å². The van der Waals surface area contributed by atoms with Crippen LogP contribution in [0.4, 0.5) is 5.69 Å². The lowest BCUT2D eigenvalue weighted by atomic mass is 10.0. The highest BCUT2D eigenvalue weighted by atomic mass is 32.2. The number of benzene rings is 2. The molecule has 10 heteroatoms. The van der Waals surface area contributed by atoms with Crippen LogP contribution in [-0.4, -0.2) is 42.5 Å². The molecule has 5 aromatic rings. The Kier molecular flexibility index (Phi) is 5.12. The SMILES string of the molecule is CSc1nnnn1-c1cccc(NC(=O)c2cc(-c3ccccc3)nc3onc(C)c23)c1. The van der Waals surface area contributed by atoms with Gasteiger partial charge in [0.15, 0.2) is 0 Å². The third kappa shape index (κ3) is 3.60. The molecule has 5 rings (SSSR count). The van der Waals surface area contributed by atoms with Crippen molar-refractivity contribution in [2.24, 2.45) is 0 Å². The second-order valence-corrected chi connectivity index (χ2v) is 7.72. The van der Waals surface area contributed by atoms with E-state index in [9.17, 15) is 4.79 Å². The van der Waals surface area contributed by atoms with Crippen LogP contribution in [0.15, 0.2) is 70.3 Å². The second-order valence-electron chi connectivity index (χ2n) is 6.95. The molecule has 0 spiro atoms. The van der Waals surface area contributed by atoms with E-state index in [0.717, 1.165) is 11.3 Å². The number of hydrogen-bond donors (Lipinski definition) is 1. The predicted octanol–water partition coefficient (Wildman–Crippen LogP) is 4.15. The van der Waals surface area contributed by atoms with Crippen molar-refractivity contribution in [3.8, 4) is 16.9 Å².